The van der Waals surface area contributed by atoms with E-state index in [1.165, 1.54) is 18.2 Å². The highest BCUT2D eigenvalue weighted by atomic mass is 19.1. The number of amides is 2. The lowest BCUT2D eigenvalue weighted by atomic mass is 9.75. The van der Waals surface area contributed by atoms with Crippen LogP contribution in [0.1, 0.15) is 30.6 Å². The van der Waals surface area contributed by atoms with Crippen LogP contribution in [0.5, 0.6) is 0 Å². The molecule has 1 rings (SSSR count). The lowest BCUT2D eigenvalue weighted by Crippen LogP contribution is -2.50. The Morgan fingerprint density at radius 2 is 1.91 bits per heavy atom. The van der Waals surface area contributed by atoms with Crippen molar-refractivity contribution in [3.05, 3.63) is 35.6 Å². The van der Waals surface area contributed by atoms with Crippen molar-refractivity contribution in [3.63, 3.8) is 0 Å². The van der Waals surface area contributed by atoms with Crippen molar-refractivity contribution >= 4 is 18.9 Å². The Bertz CT molecular complexity index is 525. The zero-order chi connectivity index (χ0) is 16.7. The SMILES string of the molecule is CC(C)C[C@H](NC(=O)CNC(=O)c1ccccc1F)B(O)O. The van der Waals surface area contributed by atoms with E-state index in [-0.39, 0.29) is 18.0 Å². The molecule has 0 unspecified atom stereocenters. The molecule has 2 amide bonds. The Hall–Kier alpha value is -1.93. The van der Waals surface area contributed by atoms with E-state index < -0.39 is 30.7 Å². The molecule has 0 bridgehead atoms. The van der Waals surface area contributed by atoms with Gasteiger partial charge in [0.15, 0.2) is 0 Å². The molecule has 22 heavy (non-hydrogen) atoms. The molecule has 0 aliphatic rings. The van der Waals surface area contributed by atoms with Gasteiger partial charge in [0.05, 0.1) is 18.0 Å². The Morgan fingerprint density at radius 3 is 2.45 bits per heavy atom. The van der Waals surface area contributed by atoms with Crippen LogP contribution in [0.2, 0.25) is 0 Å². The minimum Gasteiger partial charge on any atom is -0.426 e. The molecule has 1 atom stereocenters. The van der Waals surface area contributed by atoms with Crippen LogP contribution in [0, 0.1) is 11.7 Å². The summed E-state index contributed by atoms with van der Waals surface area (Å²) in [6.45, 7) is 3.37. The van der Waals surface area contributed by atoms with Crippen molar-refractivity contribution in [2.24, 2.45) is 5.92 Å². The summed E-state index contributed by atoms with van der Waals surface area (Å²) in [5, 5.41) is 23.1. The molecule has 0 heterocycles. The third-order valence-corrected chi connectivity index (χ3v) is 2.96. The Kier molecular flexibility index (Phi) is 7.00. The van der Waals surface area contributed by atoms with Crippen LogP contribution in [-0.4, -0.2) is 41.5 Å². The van der Waals surface area contributed by atoms with Crippen molar-refractivity contribution in [2.45, 2.75) is 26.2 Å². The van der Waals surface area contributed by atoms with Gasteiger partial charge < -0.3 is 20.7 Å². The van der Waals surface area contributed by atoms with Crippen molar-refractivity contribution in [2.75, 3.05) is 6.54 Å². The van der Waals surface area contributed by atoms with Crippen molar-refractivity contribution < 1.29 is 24.0 Å². The zero-order valence-electron chi connectivity index (χ0n) is 12.5. The molecule has 0 saturated heterocycles. The number of halogens is 1. The Labute approximate surface area is 128 Å². The van der Waals surface area contributed by atoms with Gasteiger partial charge in [0.1, 0.15) is 5.82 Å². The second-order valence-corrected chi connectivity index (χ2v) is 5.38. The fourth-order valence-electron chi connectivity index (χ4n) is 1.92. The zero-order valence-corrected chi connectivity index (χ0v) is 12.5. The fourth-order valence-corrected chi connectivity index (χ4v) is 1.92. The summed E-state index contributed by atoms with van der Waals surface area (Å²) in [5.74, 6) is -2.64. The van der Waals surface area contributed by atoms with E-state index in [2.05, 4.69) is 10.6 Å². The predicted molar refractivity (Wildman–Crippen MR) is 80.3 cm³/mol. The second-order valence-electron chi connectivity index (χ2n) is 5.38. The van der Waals surface area contributed by atoms with Crippen LogP contribution in [0.25, 0.3) is 0 Å². The average molecular weight is 310 g/mol. The Balaban J connectivity index is 2.51. The summed E-state index contributed by atoms with van der Waals surface area (Å²) < 4.78 is 13.4. The quantitative estimate of drug-likeness (QED) is 0.537. The van der Waals surface area contributed by atoms with Crippen LogP contribution >= 0.6 is 0 Å². The van der Waals surface area contributed by atoms with E-state index in [9.17, 15) is 24.0 Å². The van der Waals surface area contributed by atoms with Gasteiger partial charge in [-0.1, -0.05) is 26.0 Å². The first-order valence-electron chi connectivity index (χ1n) is 6.99. The molecule has 120 valence electrons. The lowest BCUT2D eigenvalue weighted by molar-refractivity contribution is -0.120. The van der Waals surface area contributed by atoms with Crippen molar-refractivity contribution in [1.82, 2.24) is 10.6 Å². The summed E-state index contributed by atoms with van der Waals surface area (Å²) >= 11 is 0. The van der Waals surface area contributed by atoms with E-state index in [1.807, 2.05) is 13.8 Å². The van der Waals surface area contributed by atoms with Crippen LogP contribution in [0.4, 0.5) is 4.39 Å². The van der Waals surface area contributed by atoms with Gasteiger partial charge in [0.2, 0.25) is 5.91 Å². The molecule has 0 spiro atoms. The minimum atomic E-state index is -1.69. The molecular weight excluding hydrogens is 290 g/mol. The molecule has 1 aromatic carbocycles. The van der Waals surface area contributed by atoms with E-state index >= 15 is 0 Å². The number of carbonyl (C=O) groups excluding carboxylic acids is 2. The van der Waals surface area contributed by atoms with E-state index in [0.717, 1.165) is 6.07 Å². The lowest BCUT2D eigenvalue weighted by Gasteiger charge is -2.19. The number of carbonyl (C=O) groups is 2. The standard InChI is InChI=1S/C14H20BFN2O4/c1-9(2)7-12(15(21)22)18-13(19)8-17-14(20)10-5-3-4-6-11(10)16/h3-6,9,12,21-22H,7-8H2,1-2H3,(H,17,20)(H,18,19)/t12-/m0/s1. The summed E-state index contributed by atoms with van der Waals surface area (Å²) in [7, 11) is -1.69. The summed E-state index contributed by atoms with van der Waals surface area (Å²) in [6, 6.07) is 5.42. The van der Waals surface area contributed by atoms with Gasteiger partial charge in [0.25, 0.3) is 5.91 Å². The molecule has 1 aromatic rings. The van der Waals surface area contributed by atoms with Gasteiger partial charge in [-0.15, -0.1) is 0 Å². The number of hydrogen-bond acceptors (Lipinski definition) is 4. The van der Waals surface area contributed by atoms with E-state index in [0.29, 0.717) is 6.42 Å². The third kappa shape index (κ3) is 5.83. The van der Waals surface area contributed by atoms with Crippen molar-refractivity contribution in [1.29, 1.82) is 0 Å². The van der Waals surface area contributed by atoms with Gasteiger partial charge in [0, 0.05) is 0 Å². The molecule has 6 nitrogen and oxygen atoms in total. The highest BCUT2D eigenvalue weighted by Crippen LogP contribution is 2.06. The Morgan fingerprint density at radius 1 is 1.27 bits per heavy atom. The van der Waals surface area contributed by atoms with Gasteiger partial charge >= 0.3 is 7.12 Å². The van der Waals surface area contributed by atoms with Crippen molar-refractivity contribution in [3.8, 4) is 0 Å². The average Bonchev–Trinajstić information content (AvgIpc) is 2.44. The first-order chi connectivity index (χ1) is 10.3. The highest BCUT2D eigenvalue weighted by molar-refractivity contribution is 6.43. The van der Waals surface area contributed by atoms with Crippen LogP contribution in [0.3, 0.4) is 0 Å². The summed E-state index contributed by atoms with van der Waals surface area (Å²) in [4.78, 5) is 23.5. The third-order valence-electron chi connectivity index (χ3n) is 2.96. The maximum Gasteiger partial charge on any atom is 0.475 e. The molecule has 0 aromatic heterocycles. The largest absolute Gasteiger partial charge is 0.475 e. The van der Waals surface area contributed by atoms with Crippen LogP contribution < -0.4 is 10.6 Å². The van der Waals surface area contributed by atoms with Gasteiger partial charge in [-0.05, 0) is 24.5 Å². The number of nitrogens with one attached hydrogen (secondary N) is 2. The van der Waals surface area contributed by atoms with E-state index in [4.69, 9.17) is 0 Å². The molecular formula is C14H20BFN2O4. The van der Waals surface area contributed by atoms with Gasteiger partial charge in [-0.25, -0.2) is 4.39 Å². The smallest absolute Gasteiger partial charge is 0.426 e. The van der Waals surface area contributed by atoms with Gasteiger partial charge in [-0.2, -0.15) is 0 Å². The molecule has 0 saturated carbocycles. The normalized spacial score (nSPS) is 11.9. The molecule has 4 N–H and O–H groups in total. The number of hydrogen-bond donors (Lipinski definition) is 4. The summed E-state index contributed by atoms with van der Waals surface area (Å²) in [5.41, 5.74) is -0.156. The number of benzene rings is 1. The topological polar surface area (TPSA) is 98.7 Å². The van der Waals surface area contributed by atoms with E-state index in [1.54, 1.807) is 0 Å². The second kappa shape index (κ2) is 8.50. The molecule has 8 heteroatoms. The molecule has 0 fully saturated rings. The first-order valence-corrected chi connectivity index (χ1v) is 6.99. The maximum atomic E-state index is 13.4. The number of rotatable bonds is 7. The van der Waals surface area contributed by atoms with Crippen LogP contribution in [0.15, 0.2) is 24.3 Å². The molecule has 0 radical (unpaired) electrons. The molecule has 0 aliphatic heterocycles. The minimum absolute atomic E-state index is 0.153. The summed E-state index contributed by atoms with van der Waals surface area (Å²) in [6.07, 6.45) is 0.380. The molecule has 0 aliphatic carbocycles. The first kappa shape index (κ1) is 18.1. The monoisotopic (exact) mass is 310 g/mol. The highest BCUT2D eigenvalue weighted by Gasteiger charge is 2.26. The fraction of sp³-hybridized carbons (Fsp3) is 0.429. The van der Waals surface area contributed by atoms with Crippen LogP contribution in [-0.2, 0) is 4.79 Å². The maximum absolute atomic E-state index is 13.4. The predicted octanol–water partition coefficient (Wildman–Crippen LogP) is 0.0984. The van der Waals surface area contributed by atoms with Gasteiger partial charge in [-0.3, -0.25) is 9.59 Å².